The molecule has 3 fully saturated rings. The zero-order valence-corrected chi connectivity index (χ0v) is 8.63. The molecule has 0 amide bonds. The first-order valence-electron chi connectivity index (χ1n) is 5.96. The van der Waals surface area contributed by atoms with Gasteiger partial charge >= 0.3 is 0 Å². The quantitative estimate of drug-likeness (QED) is 0.692. The van der Waals surface area contributed by atoms with E-state index in [4.69, 9.17) is 5.73 Å². The van der Waals surface area contributed by atoms with Crippen molar-refractivity contribution in [2.24, 2.45) is 28.9 Å². The van der Waals surface area contributed by atoms with Gasteiger partial charge in [-0.1, -0.05) is 19.8 Å². The predicted molar refractivity (Wildman–Crippen MR) is 54.3 cm³/mol. The van der Waals surface area contributed by atoms with Gasteiger partial charge in [-0.05, 0) is 48.9 Å². The summed E-state index contributed by atoms with van der Waals surface area (Å²) in [5.74, 6) is 2.91. The highest BCUT2D eigenvalue weighted by Gasteiger charge is 2.54. The third kappa shape index (κ3) is 1.09. The molecular weight excluding hydrogens is 158 g/mol. The van der Waals surface area contributed by atoms with E-state index in [1.165, 1.54) is 38.5 Å². The molecule has 0 aliphatic heterocycles. The Kier molecular flexibility index (Phi) is 1.59. The van der Waals surface area contributed by atoms with Crippen molar-refractivity contribution in [3.8, 4) is 0 Å². The average Bonchev–Trinajstić information content (AvgIpc) is 2.72. The van der Waals surface area contributed by atoms with Crippen LogP contribution in [0.1, 0.15) is 45.4 Å². The van der Waals surface area contributed by atoms with Crippen LogP contribution in [0.5, 0.6) is 0 Å². The lowest BCUT2D eigenvalue weighted by Gasteiger charge is -2.39. The fourth-order valence-corrected chi connectivity index (χ4v) is 4.00. The molecule has 3 aliphatic rings. The number of fused-ring (bicyclic) bond motifs is 2. The number of hydrogen-bond acceptors (Lipinski definition) is 1. The molecule has 3 saturated carbocycles. The molecule has 1 heteroatoms. The van der Waals surface area contributed by atoms with Gasteiger partial charge in [0.15, 0.2) is 0 Å². The van der Waals surface area contributed by atoms with Crippen LogP contribution in [0.2, 0.25) is 0 Å². The third-order valence-corrected chi connectivity index (χ3v) is 5.10. The van der Waals surface area contributed by atoms with Crippen molar-refractivity contribution in [1.29, 1.82) is 0 Å². The third-order valence-electron chi connectivity index (χ3n) is 5.10. The maximum atomic E-state index is 6.37. The molecule has 1 nitrogen and oxygen atoms in total. The van der Waals surface area contributed by atoms with Crippen LogP contribution in [0.4, 0.5) is 0 Å². The lowest BCUT2D eigenvalue weighted by molar-refractivity contribution is 0.133. The van der Waals surface area contributed by atoms with Crippen LogP contribution in [-0.2, 0) is 0 Å². The molecule has 0 aromatic carbocycles. The van der Waals surface area contributed by atoms with E-state index in [1.54, 1.807) is 0 Å². The van der Waals surface area contributed by atoms with E-state index >= 15 is 0 Å². The lowest BCUT2D eigenvalue weighted by atomic mass is 9.68. The molecule has 2 bridgehead atoms. The van der Waals surface area contributed by atoms with Crippen molar-refractivity contribution < 1.29 is 0 Å². The molecule has 4 atom stereocenters. The monoisotopic (exact) mass is 179 g/mol. The second-order valence-corrected chi connectivity index (χ2v) is 5.95. The maximum Gasteiger partial charge on any atom is 0.0124 e. The second-order valence-electron chi connectivity index (χ2n) is 5.95. The molecule has 0 aromatic rings. The van der Waals surface area contributed by atoms with Gasteiger partial charge in [0.25, 0.3) is 0 Å². The molecule has 0 spiro atoms. The summed E-state index contributed by atoms with van der Waals surface area (Å²) in [5, 5.41) is 0. The first kappa shape index (κ1) is 8.28. The summed E-state index contributed by atoms with van der Waals surface area (Å²) in [6.45, 7) is 2.47. The van der Waals surface area contributed by atoms with Crippen LogP contribution in [0.25, 0.3) is 0 Å². The summed E-state index contributed by atoms with van der Waals surface area (Å²) >= 11 is 0. The van der Waals surface area contributed by atoms with Gasteiger partial charge in [-0.3, -0.25) is 0 Å². The van der Waals surface area contributed by atoms with Crippen LogP contribution < -0.4 is 5.73 Å². The zero-order valence-electron chi connectivity index (χ0n) is 8.63. The van der Waals surface area contributed by atoms with Crippen molar-refractivity contribution in [3.63, 3.8) is 0 Å². The van der Waals surface area contributed by atoms with Gasteiger partial charge in [0.05, 0.1) is 0 Å². The van der Waals surface area contributed by atoms with Crippen molar-refractivity contribution in [1.82, 2.24) is 0 Å². The molecule has 0 aromatic heterocycles. The van der Waals surface area contributed by atoms with E-state index in [0.29, 0.717) is 11.5 Å². The van der Waals surface area contributed by atoms with E-state index in [-0.39, 0.29) is 0 Å². The van der Waals surface area contributed by atoms with Crippen LogP contribution in [0.3, 0.4) is 0 Å². The van der Waals surface area contributed by atoms with Crippen molar-refractivity contribution in [3.05, 3.63) is 0 Å². The minimum atomic E-state index is 0.532. The summed E-state index contributed by atoms with van der Waals surface area (Å²) in [6.07, 6.45) is 8.76. The zero-order chi connectivity index (χ0) is 9.05. The van der Waals surface area contributed by atoms with Crippen LogP contribution in [0.15, 0.2) is 0 Å². The molecule has 0 saturated heterocycles. The summed E-state index contributed by atoms with van der Waals surface area (Å²) in [4.78, 5) is 0. The molecular formula is C12H21N. The number of hydrogen-bond donors (Lipinski definition) is 1. The molecule has 0 heterocycles. The van der Waals surface area contributed by atoms with E-state index in [0.717, 1.165) is 17.8 Å². The first-order chi connectivity index (χ1) is 6.20. The van der Waals surface area contributed by atoms with Gasteiger partial charge in [-0.2, -0.15) is 0 Å². The molecule has 0 unspecified atom stereocenters. The fraction of sp³-hybridized carbons (Fsp3) is 1.00. The van der Waals surface area contributed by atoms with Gasteiger partial charge in [-0.15, -0.1) is 0 Å². The lowest BCUT2D eigenvalue weighted by Crippen LogP contribution is -2.44. The highest BCUT2D eigenvalue weighted by Crippen LogP contribution is 2.59. The first-order valence-corrected chi connectivity index (χ1v) is 5.96. The maximum absolute atomic E-state index is 6.37. The SMILES string of the molecule is C[C@@]1(CC2CC2)[C@H]2CC[C@H](C2)[C@H]1N. The van der Waals surface area contributed by atoms with Gasteiger partial charge in [0.2, 0.25) is 0 Å². The van der Waals surface area contributed by atoms with Gasteiger partial charge in [0, 0.05) is 6.04 Å². The molecule has 74 valence electrons. The van der Waals surface area contributed by atoms with E-state index in [9.17, 15) is 0 Å². The Morgan fingerprint density at radius 3 is 2.54 bits per heavy atom. The van der Waals surface area contributed by atoms with Crippen LogP contribution in [0, 0.1) is 23.2 Å². The van der Waals surface area contributed by atoms with Crippen LogP contribution in [-0.4, -0.2) is 6.04 Å². The number of rotatable bonds is 2. The summed E-state index contributed by atoms with van der Waals surface area (Å²) in [6, 6.07) is 0.534. The van der Waals surface area contributed by atoms with Crippen molar-refractivity contribution >= 4 is 0 Å². The summed E-state index contributed by atoms with van der Waals surface area (Å²) in [7, 11) is 0. The highest BCUT2D eigenvalue weighted by molar-refractivity contribution is 5.07. The van der Waals surface area contributed by atoms with Crippen LogP contribution >= 0.6 is 0 Å². The standard InChI is InChI=1S/C12H21N/c1-12(7-8-2-3-8)10-5-4-9(6-10)11(12)13/h8-11H,2-7,13H2,1H3/t9-,10+,11-,12-/m1/s1. The predicted octanol–water partition coefficient (Wildman–Crippen LogP) is 2.55. The average molecular weight is 179 g/mol. The minimum Gasteiger partial charge on any atom is -0.327 e. The number of nitrogens with two attached hydrogens (primary N) is 1. The van der Waals surface area contributed by atoms with Crippen molar-refractivity contribution in [2.45, 2.75) is 51.5 Å². The Morgan fingerprint density at radius 2 is 2.00 bits per heavy atom. The molecule has 13 heavy (non-hydrogen) atoms. The van der Waals surface area contributed by atoms with Gasteiger partial charge in [0.1, 0.15) is 0 Å². The highest BCUT2D eigenvalue weighted by atomic mass is 14.8. The Hall–Kier alpha value is -0.0400. The molecule has 0 radical (unpaired) electrons. The smallest absolute Gasteiger partial charge is 0.0124 e. The minimum absolute atomic E-state index is 0.532. The summed E-state index contributed by atoms with van der Waals surface area (Å²) in [5.41, 5.74) is 6.91. The van der Waals surface area contributed by atoms with Gasteiger partial charge < -0.3 is 5.73 Å². The Morgan fingerprint density at radius 1 is 1.23 bits per heavy atom. The van der Waals surface area contributed by atoms with E-state index < -0.39 is 0 Å². The fourth-order valence-electron chi connectivity index (χ4n) is 4.00. The Bertz CT molecular complexity index is 217. The molecule has 3 aliphatic carbocycles. The van der Waals surface area contributed by atoms with E-state index in [2.05, 4.69) is 6.92 Å². The molecule has 3 rings (SSSR count). The normalized spacial score (nSPS) is 54.5. The summed E-state index contributed by atoms with van der Waals surface area (Å²) < 4.78 is 0. The largest absolute Gasteiger partial charge is 0.327 e. The van der Waals surface area contributed by atoms with E-state index in [1.807, 2.05) is 0 Å². The Labute approximate surface area is 81.1 Å². The van der Waals surface area contributed by atoms with Gasteiger partial charge in [-0.25, -0.2) is 0 Å². The second kappa shape index (κ2) is 2.50. The Balaban J connectivity index is 1.80. The topological polar surface area (TPSA) is 26.0 Å². The molecule has 2 N–H and O–H groups in total. The van der Waals surface area contributed by atoms with Crippen molar-refractivity contribution in [2.75, 3.05) is 0 Å².